The number of hydrogen-bond donors (Lipinski definition) is 2. The SMILES string of the molecule is [B]C1(N2Cc3cnc(Nc4cnn(CCO)c4)nc3N(C3CC3)C2=O)CCN(C(=O)OC(C)(C)C)c2ccccc21. The molecular weight excluding hydrogens is 523 g/mol. The van der Waals surface area contributed by atoms with E-state index in [1.807, 2.05) is 45.0 Å². The van der Waals surface area contributed by atoms with Crippen LogP contribution < -0.4 is 15.1 Å². The molecule has 4 heterocycles. The third-order valence-corrected chi connectivity index (χ3v) is 7.44. The minimum absolute atomic E-state index is 0.0163. The molecule has 1 fully saturated rings. The molecule has 1 aromatic carbocycles. The zero-order chi connectivity index (χ0) is 28.9. The second kappa shape index (κ2) is 10.1. The van der Waals surface area contributed by atoms with Gasteiger partial charge in [-0.1, -0.05) is 18.2 Å². The Kier molecular flexibility index (Phi) is 6.64. The molecule has 41 heavy (non-hydrogen) atoms. The van der Waals surface area contributed by atoms with Gasteiger partial charge in [-0.25, -0.2) is 14.6 Å². The van der Waals surface area contributed by atoms with Crippen LogP contribution in [-0.2, 0) is 23.3 Å². The molecule has 2 aliphatic heterocycles. The van der Waals surface area contributed by atoms with Crippen molar-refractivity contribution in [3.63, 3.8) is 0 Å². The summed E-state index contributed by atoms with van der Waals surface area (Å²) in [4.78, 5) is 41.5. The van der Waals surface area contributed by atoms with E-state index < -0.39 is 17.1 Å². The number of urea groups is 1. The number of carbonyl (C=O) groups is 2. The summed E-state index contributed by atoms with van der Waals surface area (Å²) in [6.07, 6.45) is 6.75. The van der Waals surface area contributed by atoms with Crippen molar-refractivity contribution in [3.8, 4) is 0 Å². The molecule has 2 radical (unpaired) electrons. The van der Waals surface area contributed by atoms with E-state index in [4.69, 9.17) is 22.7 Å². The Morgan fingerprint density at radius 1 is 1.24 bits per heavy atom. The molecule has 3 aliphatic rings. The van der Waals surface area contributed by atoms with Gasteiger partial charge in [-0.2, -0.15) is 10.1 Å². The van der Waals surface area contributed by atoms with Crippen molar-refractivity contribution >= 4 is 43.1 Å². The third-order valence-electron chi connectivity index (χ3n) is 7.44. The fraction of sp³-hybridized carbons (Fsp3) is 0.464. The van der Waals surface area contributed by atoms with Gasteiger partial charge in [-0.3, -0.25) is 14.5 Å². The molecule has 2 aromatic heterocycles. The lowest BCUT2D eigenvalue weighted by Gasteiger charge is -2.51. The molecule has 0 saturated heterocycles. The smallest absolute Gasteiger partial charge is 0.414 e. The molecule has 6 rings (SSSR count). The molecule has 13 heteroatoms. The van der Waals surface area contributed by atoms with Crippen LogP contribution in [0.4, 0.5) is 32.7 Å². The minimum atomic E-state index is -1.16. The first-order valence-corrected chi connectivity index (χ1v) is 13.8. The fourth-order valence-electron chi connectivity index (χ4n) is 5.39. The fourth-order valence-corrected chi connectivity index (χ4v) is 5.39. The average molecular weight is 556 g/mol. The summed E-state index contributed by atoms with van der Waals surface area (Å²) in [7, 11) is 7.14. The van der Waals surface area contributed by atoms with Crippen LogP contribution in [0.2, 0.25) is 0 Å². The summed E-state index contributed by atoms with van der Waals surface area (Å²) in [5, 5.41) is 16.5. The highest BCUT2D eigenvalue weighted by atomic mass is 16.6. The van der Waals surface area contributed by atoms with Gasteiger partial charge in [0.1, 0.15) is 19.3 Å². The molecule has 12 nitrogen and oxygen atoms in total. The molecular formula is C28H33BN8O4. The maximum Gasteiger partial charge on any atom is 0.414 e. The van der Waals surface area contributed by atoms with Gasteiger partial charge in [0.2, 0.25) is 5.95 Å². The van der Waals surface area contributed by atoms with Crippen LogP contribution in [0.3, 0.4) is 0 Å². The van der Waals surface area contributed by atoms with Gasteiger partial charge in [0.15, 0.2) is 0 Å². The molecule has 3 aromatic rings. The van der Waals surface area contributed by atoms with Gasteiger partial charge in [0.05, 0.1) is 37.3 Å². The van der Waals surface area contributed by atoms with Crippen LogP contribution in [0, 0.1) is 0 Å². The molecule has 0 spiro atoms. The maximum absolute atomic E-state index is 14.2. The van der Waals surface area contributed by atoms with Crippen LogP contribution in [0.15, 0.2) is 42.9 Å². The number of aromatic nitrogens is 4. The lowest BCUT2D eigenvalue weighted by atomic mass is 9.65. The number of aliphatic hydroxyl groups is 1. The second-order valence-electron chi connectivity index (χ2n) is 11.7. The lowest BCUT2D eigenvalue weighted by molar-refractivity contribution is 0.0568. The summed E-state index contributed by atoms with van der Waals surface area (Å²) in [5.74, 6) is 0.912. The molecule has 3 amide bonds. The van der Waals surface area contributed by atoms with E-state index in [1.54, 1.807) is 38.0 Å². The van der Waals surface area contributed by atoms with Crippen LogP contribution in [-0.4, -0.2) is 74.5 Å². The standard InChI is InChI=1S/C28H33BN8O4/c1-27(2,3)41-26(40)35-11-10-28(29,21-6-4-5-7-22(21)35)36-16-18-14-30-24(32-19-15-31-34(17-19)12-13-38)33-23(18)37(25(36)39)20-8-9-20/h4-7,14-15,17,20,38H,8-13,16H2,1-3H3,(H,30,32,33). The van der Waals surface area contributed by atoms with E-state index in [1.165, 1.54) is 0 Å². The molecule has 1 saturated carbocycles. The number of ether oxygens (including phenoxy) is 1. The number of aliphatic hydroxyl groups excluding tert-OH is 1. The Bertz CT molecular complexity index is 1490. The summed E-state index contributed by atoms with van der Waals surface area (Å²) >= 11 is 0. The van der Waals surface area contributed by atoms with E-state index in [0.29, 0.717) is 48.2 Å². The van der Waals surface area contributed by atoms with E-state index in [2.05, 4.69) is 15.4 Å². The van der Waals surface area contributed by atoms with Crippen LogP contribution in [0.25, 0.3) is 0 Å². The van der Waals surface area contributed by atoms with Gasteiger partial charge in [-0.05, 0) is 51.7 Å². The Balaban J connectivity index is 1.32. The first-order valence-electron chi connectivity index (χ1n) is 13.8. The Morgan fingerprint density at radius 3 is 2.76 bits per heavy atom. The summed E-state index contributed by atoms with van der Waals surface area (Å²) in [5.41, 5.74) is 0.973. The number of benzene rings is 1. The van der Waals surface area contributed by atoms with Gasteiger partial charge in [0.25, 0.3) is 0 Å². The molecule has 1 atom stereocenters. The molecule has 2 N–H and O–H groups in total. The highest BCUT2D eigenvalue weighted by Crippen LogP contribution is 2.46. The number of amides is 3. The summed E-state index contributed by atoms with van der Waals surface area (Å²) < 4.78 is 7.27. The normalized spacial score (nSPS) is 20.5. The topological polar surface area (TPSA) is 129 Å². The zero-order valence-corrected chi connectivity index (χ0v) is 23.4. The van der Waals surface area contributed by atoms with Crippen molar-refractivity contribution in [2.45, 2.75) is 70.2 Å². The van der Waals surface area contributed by atoms with Crippen molar-refractivity contribution in [2.75, 3.05) is 28.3 Å². The zero-order valence-electron chi connectivity index (χ0n) is 23.4. The average Bonchev–Trinajstić information content (AvgIpc) is 3.66. The summed E-state index contributed by atoms with van der Waals surface area (Å²) in [6, 6.07) is 7.23. The first kappa shape index (κ1) is 27.1. The van der Waals surface area contributed by atoms with Crippen molar-refractivity contribution in [1.82, 2.24) is 24.6 Å². The number of nitrogens with zero attached hydrogens (tertiary/aromatic N) is 7. The number of para-hydroxylation sites is 1. The Morgan fingerprint density at radius 2 is 2.02 bits per heavy atom. The predicted molar refractivity (Wildman–Crippen MR) is 153 cm³/mol. The number of fused-ring (bicyclic) bond motifs is 2. The van der Waals surface area contributed by atoms with Crippen LogP contribution >= 0.6 is 0 Å². The van der Waals surface area contributed by atoms with Gasteiger partial charge >= 0.3 is 12.1 Å². The quantitative estimate of drug-likeness (QED) is 0.442. The minimum Gasteiger partial charge on any atom is -0.443 e. The predicted octanol–water partition coefficient (Wildman–Crippen LogP) is 3.48. The second-order valence-corrected chi connectivity index (χ2v) is 11.7. The number of carbonyl (C=O) groups excluding carboxylic acids is 2. The van der Waals surface area contributed by atoms with Crippen LogP contribution in [0.1, 0.15) is 51.2 Å². The van der Waals surface area contributed by atoms with Gasteiger partial charge < -0.3 is 20.1 Å². The molecule has 1 aliphatic carbocycles. The van der Waals surface area contributed by atoms with Gasteiger partial charge in [-0.15, -0.1) is 0 Å². The van der Waals surface area contributed by atoms with Crippen molar-refractivity contribution in [3.05, 3.63) is 54.0 Å². The number of rotatable bonds is 6. The monoisotopic (exact) mass is 556 g/mol. The largest absolute Gasteiger partial charge is 0.443 e. The number of anilines is 4. The summed E-state index contributed by atoms with van der Waals surface area (Å²) in [6.45, 7) is 6.38. The third kappa shape index (κ3) is 5.10. The van der Waals surface area contributed by atoms with Crippen molar-refractivity contribution in [2.24, 2.45) is 0 Å². The van der Waals surface area contributed by atoms with Crippen molar-refractivity contribution in [1.29, 1.82) is 0 Å². The van der Waals surface area contributed by atoms with Gasteiger partial charge in [0, 0.05) is 36.0 Å². The van der Waals surface area contributed by atoms with Crippen LogP contribution in [0.5, 0.6) is 0 Å². The molecule has 212 valence electrons. The van der Waals surface area contributed by atoms with E-state index in [0.717, 1.165) is 18.4 Å². The Hall–Kier alpha value is -4.13. The van der Waals surface area contributed by atoms with E-state index in [-0.39, 0.29) is 25.2 Å². The first-order chi connectivity index (χ1) is 19.6. The molecule has 0 bridgehead atoms. The number of nitrogens with one attached hydrogen (secondary N) is 1. The molecule has 1 unspecified atom stereocenters. The Labute approximate surface area is 239 Å². The number of hydrogen-bond acceptors (Lipinski definition) is 8. The maximum atomic E-state index is 14.2. The highest BCUT2D eigenvalue weighted by Gasteiger charge is 2.49. The van der Waals surface area contributed by atoms with E-state index in [9.17, 15) is 9.59 Å². The lowest BCUT2D eigenvalue weighted by Crippen LogP contribution is -2.60. The van der Waals surface area contributed by atoms with Crippen molar-refractivity contribution < 1.29 is 19.4 Å². The highest BCUT2D eigenvalue weighted by molar-refractivity contribution is 6.19. The van der Waals surface area contributed by atoms with E-state index >= 15 is 0 Å².